The van der Waals surface area contributed by atoms with Gasteiger partial charge in [0.1, 0.15) is 5.70 Å². The second kappa shape index (κ2) is 6.64. The number of halogens is 1. The van der Waals surface area contributed by atoms with Crippen LogP contribution in [0.1, 0.15) is 15.9 Å². The summed E-state index contributed by atoms with van der Waals surface area (Å²) >= 11 is 5.95. The molecule has 7 heteroatoms. The summed E-state index contributed by atoms with van der Waals surface area (Å²) in [4.78, 5) is 23.6. The molecule has 0 spiro atoms. The van der Waals surface area contributed by atoms with E-state index in [-0.39, 0.29) is 23.1 Å². The fourth-order valence-electron chi connectivity index (χ4n) is 2.16. The van der Waals surface area contributed by atoms with Crippen LogP contribution in [0.25, 0.3) is 6.08 Å². The zero-order chi connectivity index (χ0) is 17.1. The molecule has 0 bridgehead atoms. The molecule has 0 radical (unpaired) electrons. The van der Waals surface area contributed by atoms with Crippen LogP contribution in [0, 0.1) is 0 Å². The monoisotopic (exact) mass is 345 g/mol. The number of carbonyl (C=O) groups is 2. The summed E-state index contributed by atoms with van der Waals surface area (Å²) < 4.78 is 10.4. The number of nitrogens with one attached hydrogen (secondary N) is 1. The van der Waals surface area contributed by atoms with E-state index in [0.717, 1.165) is 0 Å². The van der Waals surface area contributed by atoms with Crippen molar-refractivity contribution in [3.8, 4) is 11.5 Å². The van der Waals surface area contributed by atoms with Crippen LogP contribution in [0.5, 0.6) is 11.5 Å². The van der Waals surface area contributed by atoms with Crippen molar-refractivity contribution < 1.29 is 24.2 Å². The Balaban J connectivity index is 1.86. The molecule has 3 rings (SSSR count). The van der Waals surface area contributed by atoms with Crippen molar-refractivity contribution >= 4 is 29.6 Å². The predicted octanol–water partition coefficient (Wildman–Crippen LogP) is 2.92. The maximum atomic E-state index is 12.2. The number of ether oxygens (including phenoxy) is 2. The second-order valence-corrected chi connectivity index (χ2v) is 5.32. The Hall–Kier alpha value is -2.99. The molecule has 24 heavy (non-hydrogen) atoms. The normalized spacial score (nSPS) is 12.8. The van der Waals surface area contributed by atoms with Gasteiger partial charge in [0.15, 0.2) is 11.5 Å². The molecule has 0 atom stereocenters. The number of fused-ring (bicyclic) bond motifs is 1. The summed E-state index contributed by atoms with van der Waals surface area (Å²) in [5.74, 6) is -0.766. The van der Waals surface area contributed by atoms with Crippen LogP contribution >= 0.6 is 11.6 Å². The first-order valence-electron chi connectivity index (χ1n) is 6.95. The van der Waals surface area contributed by atoms with E-state index in [2.05, 4.69) is 5.32 Å². The number of hydrogen-bond donors (Lipinski definition) is 2. The van der Waals surface area contributed by atoms with Gasteiger partial charge in [0, 0.05) is 0 Å². The number of carboxylic acids is 1. The zero-order valence-electron chi connectivity index (χ0n) is 12.3. The largest absolute Gasteiger partial charge is 0.477 e. The Kier molecular flexibility index (Phi) is 4.39. The third-order valence-electron chi connectivity index (χ3n) is 3.30. The summed E-state index contributed by atoms with van der Waals surface area (Å²) in [5.41, 5.74) is 0.465. The molecule has 1 aliphatic rings. The fraction of sp³-hybridized carbons (Fsp3) is 0.0588. The molecule has 0 unspecified atom stereocenters. The number of aliphatic carboxylic acids is 1. The van der Waals surface area contributed by atoms with Gasteiger partial charge in [-0.2, -0.15) is 0 Å². The summed E-state index contributed by atoms with van der Waals surface area (Å²) in [7, 11) is 0. The Labute approximate surface area is 142 Å². The molecule has 0 aromatic heterocycles. The average Bonchev–Trinajstić information content (AvgIpc) is 3.02. The van der Waals surface area contributed by atoms with Crippen molar-refractivity contribution in [1.82, 2.24) is 5.32 Å². The van der Waals surface area contributed by atoms with Gasteiger partial charge in [-0.3, -0.25) is 4.79 Å². The minimum Gasteiger partial charge on any atom is -0.477 e. The molecule has 122 valence electrons. The van der Waals surface area contributed by atoms with E-state index >= 15 is 0 Å². The highest BCUT2D eigenvalue weighted by atomic mass is 35.5. The molecule has 2 N–H and O–H groups in total. The summed E-state index contributed by atoms with van der Waals surface area (Å²) in [6.07, 6.45) is 1.33. The van der Waals surface area contributed by atoms with E-state index in [1.807, 2.05) is 0 Å². The molecule has 2 aromatic carbocycles. The van der Waals surface area contributed by atoms with Crippen molar-refractivity contribution in [2.24, 2.45) is 0 Å². The Morgan fingerprint density at radius 3 is 2.62 bits per heavy atom. The molecule has 2 aromatic rings. The number of hydrogen-bond acceptors (Lipinski definition) is 4. The molecular weight excluding hydrogens is 334 g/mol. The van der Waals surface area contributed by atoms with E-state index < -0.39 is 11.9 Å². The lowest BCUT2D eigenvalue weighted by Gasteiger charge is -2.08. The highest BCUT2D eigenvalue weighted by molar-refractivity contribution is 6.34. The van der Waals surface area contributed by atoms with Crippen molar-refractivity contribution in [1.29, 1.82) is 0 Å². The van der Waals surface area contributed by atoms with Gasteiger partial charge in [0.05, 0.1) is 10.6 Å². The predicted molar refractivity (Wildman–Crippen MR) is 87.1 cm³/mol. The van der Waals surface area contributed by atoms with E-state index in [4.69, 9.17) is 21.1 Å². The van der Waals surface area contributed by atoms with Crippen LogP contribution in [0.3, 0.4) is 0 Å². The molecule has 0 aliphatic carbocycles. The van der Waals surface area contributed by atoms with Gasteiger partial charge in [-0.25, -0.2) is 4.79 Å². The van der Waals surface area contributed by atoms with Gasteiger partial charge in [-0.05, 0) is 35.9 Å². The molecule has 0 saturated heterocycles. The van der Waals surface area contributed by atoms with Crippen molar-refractivity contribution in [2.75, 3.05) is 6.79 Å². The number of rotatable bonds is 4. The topological polar surface area (TPSA) is 84.9 Å². The molecular formula is C17H12ClNO5. The lowest BCUT2D eigenvalue weighted by Crippen LogP contribution is -2.27. The Morgan fingerprint density at radius 2 is 1.88 bits per heavy atom. The van der Waals surface area contributed by atoms with Gasteiger partial charge in [-0.15, -0.1) is 0 Å². The molecule has 1 heterocycles. The average molecular weight is 346 g/mol. The standard InChI is InChI=1S/C17H12ClNO5/c18-12-4-2-1-3-11(12)16(20)19-13(17(21)22)7-10-5-6-14-15(8-10)24-9-23-14/h1-8H,9H2,(H,19,20)(H,21,22). The maximum Gasteiger partial charge on any atom is 0.352 e. The van der Waals surface area contributed by atoms with E-state index in [0.29, 0.717) is 17.1 Å². The van der Waals surface area contributed by atoms with Crippen LogP contribution in [0.4, 0.5) is 0 Å². The summed E-state index contributed by atoms with van der Waals surface area (Å²) in [6, 6.07) is 11.4. The lowest BCUT2D eigenvalue weighted by molar-refractivity contribution is -0.132. The van der Waals surface area contributed by atoms with Crippen LogP contribution in [-0.2, 0) is 4.79 Å². The van der Waals surface area contributed by atoms with Gasteiger partial charge >= 0.3 is 5.97 Å². The van der Waals surface area contributed by atoms with E-state index in [1.165, 1.54) is 12.1 Å². The minimum absolute atomic E-state index is 0.123. The van der Waals surface area contributed by atoms with Crippen LogP contribution in [0.2, 0.25) is 5.02 Å². The summed E-state index contributed by atoms with van der Waals surface area (Å²) in [6.45, 7) is 0.123. The maximum absolute atomic E-state index is 12.2. The lowest BCUT2D eigenvalue weighted by atomic mass is 10.1. The Bertz CT molecular complexity index is 847. The first-order chi connectivity index (χ1) is 11.5. The van der Waals surface area contributed by atoms with Gasteiger partial charge < -0.3 is 19.9 Å². The first-order valence-corrected chi connectivity index (χ1v) is 7.33. The third kappa shape index (κ3) is 3.33. The van der Waals surface area contributed by atoms with E-state index in [1.54, 1.807) is 36.4 Å². The van der Waals surface area contributed by atoms with Crippen molar-refractivity contribution in [3.05, 3.63) is 64.3 Å². The van der Waals surface area contributed by atoms with Gasteiger partial charge in [0.2, 0.25) is 6.79 Å². The molecule has 0 fully saturated rings. The number of benzene rings is 2. The highest BCUT2D eigenvalue weighted by Crippen LogP contribution is 2.33. The second-order valence-electron chi connectivity index (χ2n) is 4.91. The van der Waals surface area contributed by atoms with Crippen molar-refractivity contribution in [2.45, 2.75) is 0 Å². The summed E-state index contributed by atoms with van der Waals surface area (Å²) in [5, 5.41) is 11.9. The van der Waals surface area contributed by atoms with Gasteiger partial charge in [-0.1, -0.05) is 29.8 Å². The van der Waals surface area contributed by atoms with Crippen LogP contribution in [-0.4, -0.2) is 23.8 Å². The number of carboxylic acid groups (broad SMARTS) is 1. The Morgan fingerprint density at radius 1 is 1.12 bits per heavy atom. The molecule has 1 amide bonds. The molecule has 0 saturated carbocycles. The number of carbonyl (C=O) groups excluding carboxylic acids is 1. The minimum atomic E-state index is -1.27. The zero-order valence-corrected chi connectivity index (χ0v) is 13.0. The number of amides is 1. The van der Waals surface area contributed by atoms with E-state index in [9.17, 15) is 14.7 Å². The smallest absolute Gasteiger partial charge is 0.352 e. The molecule has 1 aliphatic heterocycles. The van der Waals surface area contributed by atoms with Crippen molar-refractivity contribution in [3.63, 3.8) is 0 Å². The highest BCUT2D eigenvalue weighted by Gasteiger charge is 2.17. The van der Waals surface area contributed by atoms with Crippen LogP contribution in [0.15, 0.2) is 48.2 Å². The van der Waals surface area contributed by atoms with Gasteiger partial charge in [0.25, 0.3) is 5.91 Å². The fourth-order valence-corrected chi connectivity index (χ4v) is 2.38. The quantitative estimate of drug-likeness (QED) is 0.832. The molecule has 6 nitrogen and oxygen atoms in total. The third-order valence-corrected chi connectivity index (χ3v) is 3.63. The first kappa shape index (κ1) is 15.9. The SMILES string of the molecule is O=C(O)C(=Cc1ccc2c(c1)OCO2)NC(=O)c1ccccc1Cl. The van der Waals surface area contributed by atoms with Crippen LogP contribution < -0.4 is 14.8 Å².